The Morgan fingerprint density at radius 3 is 2.78 bits per heavy atom. The first-order valence-corrected chi connectivity index (χ1v) is 7.95. The smallest absolute Gasteiger partial charge is 0.312 e. The molecule has 1 aliphatic rings. The largest absolute Gasteiger partial charge is 0.396 e. The Bertz CT molecular complexity index is 633. The standard InChI is InChI=1S/C14H13BrClF2N2O3/c15-11-10(17)5-9(13(18)12(11)16)14(23)20-3-2-19(7-22)6-8(20)1-4-21/h5,8,21H,1-4,6H2/t8-/m0/s1. The lowest BCUT2D eigenvalue weighted by Gasteiger charge is -2.39. The van der Waals surface area contributed by atoms with Crippen molar-refractivity contribution in [2.24, 2.45) is 0 Å². The molecule has 0 spiro atoms. The van der Waals surface area contributed by atoms with Gasteiger partial charge in [0.15, 0.2) is 5.82 Å². The van der Waals surface area contributed by atoms with Crippen molar-refractivity contribution in [2.75, 3.05) is 26.2 Å². The van der Waals surface area contributed by atoms with E-state index < -0.39 is 34.2 Å². The van der Waals surface area contributed by atoms with Crippen LogP contribution < -0.4 is 0 Å². The molecule has 0 unspecified atom stereocenters. The molecule has 1 fully saturated rings. The van der Waals surface area contributed by atoms with E-state index in [-0.39, 0.29) is 37.1 Å². The number of aliphatic hydroxyl groups excluding tert-OH is 1. The van der Waals surface area contributed by atoms with Gasteiger partial charge in [0.05, 0.1) is 21.1 Å². The molecule has 1 aromatic carbocycles. The number of hydrogen-bond donors (Lipinski definition) is 1. The van der Waals surface area contributed by atoms with Gasteiger partial charge < -0.3 is 14.9 Å². The van der Waals surface area contributed by atoms with Gasteiger partial charge >= 0.3 is 6.41 Å². The molecule has 0 aliphatic carbocycles. The Hall–Kier alpha value is -1.25. The van der Waals surface area contributed by atoms with Gasteiger partial charge in [-0.15, -0.1) is 0 Å². The molecule has 125 valence electrons. The monoisotopic (exact) mass is 409 g/mol. The maximum atomic E-state index is 14.2. The zero-order valence-electron chi connectivity index (χ0n) is 11.9. The minimum absolute atomic E-state index is 0.132. The molecule has 2 rings (SSSR count). The first-order chi connectivity index (χ1) is 10.9. The third-order valence-corrected chi connectivity index (χ3v) is 5.03. The van der Waals surface area contributed by atoms with E-state index in [1.165, 1.54) is 9.80 Å². The molecule has 1 radical (unpaired) electrons. The number of benzene rings is 1. The summed E-state index contributed by atoms with van der Waals surface area (Å²) in [5, 5.41) is 8.60. The van der Waals surface area contributed by atoms with Crippen molar-refractivity contribution in [3.63, 3.8) is 0 Å². The molecule has 1 heterocycles. The first kappa shape index (κ1) is 18.1. The molecule has 2 amide bonds. The van der Waals surface area contributed by atoms with Crippen LogP contribution in [0.4, 0.5) is 8.78 Å². The SMILES string of the molecule is O=[C]N1CCN(C(=O)c2cc(F)c(Br)c(Cl)c2F)[C@@H](CCO)C1. The van der Waals surface area contributed by atoms with E-state index in [2.05, 4.69) is 15.9 Å². The van der Waals surface area contributed by atoms with E-state index in [1.54, 1.807) is 6.41 Å². The van der Waals surface area contributed by atoms with Gasteiger partial charge in [0.25, 0.3) is 5.91 Å². The summed E-state index contributed by atoms with van der Waals surface area (Å²) < 4.78 is 27.7. The second kappa shape index (κ2) is 7.55. The van der Waals surface area contributed by atoms with Gasteiger partial charge in [-0.05, 0) is 28.4 Å². The average Bonchev–Trinajstić information content (AvgIpc) is 2.55. The van der Waals surface area contributed by atoms with Crippen molar-refractivity contribution in [3.8, 4) is 0 Å². The van der Waals surface area contributed by atoms with Crippen LogP contribution in [0, 0.1) is 11.6 Å². The number of halogens is 4. The lowest BCUT2D eigenvalue weighted by molar-refractivity contribution is 0.0497. The summed E-state index contributed by atoms with van der Waals surface area (Å²) in [7, 11) is 0. The predicted octanol–water partition coefficient (Wildman–Crippen LogP) is 1.96. The van der Waals surface area contributed by atoms with Crippen molar-refractivity contribution >= 4 is 39.8 Å². The van der Waals surface area contributed by atoms with Crippen LogP contribution in [-0.2, 0) is 4.79 Å². The second-order valence-electron chi connectivity index (χ2n) is 5.05. The van der Waals surface area contributed by atoms with Gasteiger partial charge in [0, 0.05) is 26.2 Å². The molecule has 23 heavy (non-hydrogen) atoms. The molecule has 1 aliphatic heterocycles. The molecule has 0 aromatic heterocycles. The third kappa shape index (κ3) is 3.64. The Balaban J connectivity index is 2.33. The Labute approximate surface area is 144 Å². The highest BCUT2D eigenvalue weighted by Crippen LogP contribution is 2.31. The van der Waals surface area contributed by atoms with Gasteiger partial charge in [0.1, 0.15) is 5.82 Å². The van der Waals surface area contributed by atoms with Gasteiger partial charge in [-0.25, -0.2) is 8.78 Å². The van der Waals surface area contributed by atoms with Gasteiger partial charge in [-0.2, -0.15) is 0 Å². The van der Waals surface area contributed by atoms with Crippen LogP contribution in [-0.4, -0.2) is 59.5 Å². The molecule has 5 nitrogen and oxygen atoms in total. The third-order valence-electron chi connectivity index (χ3n) is 3.67. The summed E-state index contributed by atoms with van der Waals surface area (Å²) in [5.41, 5.74) is -0.484. The Kier molecular flexibility index (Phi) is 5.94. The minimum atomic E-state index is -1.02. The molecule has 0 bridgehead atoms. The van der Waals surface area contributed by atoms with Crippen LogP contribution in [0.15, 0.2) is 10.5 Å². The van der Waals surface area contributed by atoms with E-state index >= 15 is 0 Å². The van der Waals surface area contributed by atoms with E-state index in [1.807, 2.05) is 0 Å². The highest BCUT2D eigenvalue weighted by Gasteiger charge is 2.33. The van der Waals surface area contributed by atoms with Crippen LogP contribution in [0.3, 0.4) is 0 Å². The second-order valence-corrected chi connectivity index (χ2v) is 6.22. The van der Waals surface area contributed by atoms with Crippen molar-refractivity contribution in [2.45, 2.75) is 12.5 Å². The van der Waals surface area contributed by atoms with Crippen molar-refractivity contribution < 1.29 is 23.5 Å². The lowest BCUT2D eigenvalue weighted by atomic mass is 10.1. The molecule has 9 heteroatoms. The number of carbonyl (C=O) groups excluding carboxylic acids is 2. The number of carbonyl (C=O) groups is 1. The van der Waals surface area contributed by atoms with Gasteiger partial charge in [-0.1, -0.05) is 11.6 Å². The van der Waals surface area contributed by atoms with Crippen molar-refractivity contribution in [1.29, 1.82) is 0 Å². The summed E-state index contributed by atoms with van der Waals surface area (Å²) in [6, 6.07) is 0.273. The fourth-order valence-electron chi connectivity index (χ4n) is 2.48. The Morgan fingerprint density at radius 1 is 1.48 bits per heavy atom. The molecule has 1 N–H and O–H groups in total. The molecular formula is C14H13BrClF2N2O3. The van der Waals surface area contributed by atoms with E-state index in [4.69, 9.17) is 16.7 Å². The highest BCUT2D eigenvalue weighted by atomic mass is 79.9. The van der Waals surface area contributed by atoms with E-state index in [0.717, 1.165) is 6.07 Å². The topological polar surface area (TPSA) is 60.9 Å². The number of nitrogens with zero attached hydrogens (tertiary/aromatic N) is 2. The van der Waals surface area contributed by atoms with E-state index in [0.29, 0.717) is 0 Å². The van der Waals surface area contributed by atoms with Crippen molar-refractivity contribution in [1.82, 2.24) is 9.80 Å². The highest BCUT2D eigenvalue weighted by molar-refractivity contribution is 9.10. The number of aliphatic hydroxyl groups is 1. The van der Waals surface area contributed by atoms with E-state index in [9.17, 15) is 18.4 Å². The summed E-state index contributed by atoms with van der Waals surface area (Å²) in [5.74, 6) is -2.60. The summed E-state index contributed by atoms with van der Waals surface area (Å²) >= 11 is 8.49. The van der Waals surface area contributed by atoms with Crippen LogP contribution in [0.5, 0.6) is 0 Å². The average molecular weight is 411 g/mol. The maximum Gasteiger partial charge on any atom is 0.312 e. The minimum Gasteiger partial charge on any atom is -0.396 e. The zero-order chi connectivity index (χ0) is 17.1. The zero-order valence-corrected chi connectivity index (χ0v) is 14.2. The van der Waals surface area contributed by atoms with Crippen LogP contribution in [0.25, 0.3) is 0 Å². The van der Waals surface area contributed by atoms with Crippen LogP contribution in [0.1, 0.15) is 16.8 Å². The fraction of sp³-hybridized carbons (Fsp3) is 0.429. The summed E-state index contributed by atoms with van der Waals surface area (Å²) in [4.78, 5) is 26.0. The Morgan fingerprint density at radius 2 is 2.17 bits per heavy atom. The quantitative estimate of drug-likeness (QED) is 0.610. The number of amides is 2. The molecule has 1 atom stereocenters. The fourth-order valence-corrected chi connectivity index (χ4v) is 2.97. The molecule has 1 aromatic rings. The van der Waals surface area contributed by atoms with Gasteiger partial charge in [0.2, 0.25) is 0 Å². The number of rotatable bonds is 4. The van der Waals surface area contributed by atoms with Crippen LogP contribution in [0.2, 0.25) is 5.02 Å². The first-order valence-electron chi connectivity index (χ1n) is 6.78. The number of hydrogen-bond acceptors (Lipinski definition) is 3. The maximum absolute atomic E-state index is 14.2. The number of piperazine rings is 1. The lowest BCUT2D eigenvalue weighted by Crippen LogP contribution is -2.55. The predicted molar refractivity (Wildman–Crippen MR) is 82.9 cm³/mol. The normalized spacial score (nSPS) is 18.2. The molecule has 0 saturated carbocycles. The molecular weight excluding hydrogens is 398 g/mol. The van der Waals surface area contributed by atoms with Crippen molar-refractivity contribution in [3.05, 3.63) is 32.8 Å². The van der Waals surface area contributed by atoms with Gasteiger partial charge in [-0.3, -0.25) is 9.59 Å². The summed E-state index contributed by atoms with van der Waals surface area (Å²) in [6.45, 7) is 0.322. The summed E-state index contributed by atoms with van der Waals surface area (Å²) in [6.07, 6.45) is 1.94. The van der Waals surface area contributed by atoms with Crippen LogP contribution >= 0.6 is 27.5 Å². The molecule has 1 saturated heterocycles.